The summed E-state index contributed by atoms with van der Waals surface area (Å²) >= 11 is 0. The van der Waals surface area contributed by atoms with Crippen LogP contribution in [0.5, 0.6) is 5.75 Å². The summed E-state index contributed by atoms with van der Waals surface area (Å²) in [5.74, 6) is -7.88. The van der Waals surface area contributed by atoms with E-state index in [9.17, 15) is 30.7 Å². The normalized spacial score (nSPS) is 11.6. The van der Waals surface area contributed by atoms with Crippen LogP contribution in [0.3, 0.4) is 0 Å². The predicted octanol–water partition coefficient (Wildman–Crippen LogP) is 7.13. The second-order valence-corrected chi connectivity index (χ2v) is 6.55. The van der Waals surface area contributed by atoms with Crippen LogP contribution in [-0.4, -0.2) is 0 Å². The largest absolute Gasteiger partial charge is 0.429 e. The van der Waals surface area contributed by atoms with Crippen LogP contribution in [0.1, 0.15) is 24.5 Å². The lowest BCUT2D eigenvalue weighted by atomic mass is 10.0. The maximum atomic E-state index is 14.4. The fourth-order valence-electron chi connectivity index (χ4n) is 2.92. The molecule has 3 aromatic carbocycles. The van der Waals surface area contributed by atoms with E-state index >= 15 is 0 Å². The Morgan fingerprint density at radius 3 is 1.90 bits per heavy atom. The van der Waals surface area contributed by atoms with E-state index in [2.05, 4.69) is 4.74 Å². The number of halogens is 7. The number of alkyl halides is 2. The highest BCUT2D eigenvalue weighted by Crippen LogP contribution is 2.35. The molecule has 3 rings (SSSR count). The molecular weight excluding hydrogens is 413 g/mol. The quantitative estimate of drug-likeness (QED) is 0.300. The van der Waals surface area contributed by atoms with Crippen molar-refractivity contribution in [3.63, 3.8) is 0 Å². The molecule has 0 bridgehead atoms. The Kier molecular flexibility index (Phi) is 6.05. The van der Waals surface area contributed by atoms with Crippen molar-refractivity contribution in [2.24, 2.45) is 0 Å². The summed E-state index contributed by atoms with van der Waals surface area (Å²) in [5, 5.41) is 0. The smallest absolute Gasteiger partial charge is 0.429 e. The number of aryl methyl sites for hydroxylation is 1. The first-order chi connectivity index (χ1) is 14.1. The van der Waals surface area contributed by atoms with E-state index in [1.165, 1.54) is 12.1 Å². The molecule has 1 nitrogen and oxygen atoms in total. The van der Waals surface area contributed by atoms with Gasteiger partial charge in [0.05, 0.1) is 0 Å². The van der Waals surface area contributed by atoms with Crippen LogP contribution in [0.25, 0.3) is 11.1 Å². The van der Waals surface area contributed by atoms with Crippen LogP contribution in [0, 0.1) is 29.1 Å². The lowest BCUT2D eigenvalue weighted by molar-refractivity contribution is -0.187. The molecule has 30 heavy (non-hydrogen) atoms. The maximum Gasteiger partial charge on any atom is 0.429 e. The van der Waals surface area contributed by atoms with Crippen molar-refractivity contribution >= 4 is 0 Å². The van der Waals surface area contributed by atoms with Crippen molar-refractivity contribution in [1.29, 1.82) is 0 Å². The molecule has 0 spiro atoms. The first-order valence-electron chi connectivity index (χ1n) is 8.93. The lowest BCUT2D eigenvalue weighted by Crippen LogP contribution is -2.24. The van der Waals surface area contributed by atoms with Gasteiger partial charge in [-0.1, -0.05) is 31.5 Å². The van der Waals surface area contributed by atoms with Crippen LogP contribution < -0.4 is 4.74 Å². The summed E-state index contributed by atoms with van der Waals surface area (Å²) in [6.07, 6.45) is -3.47. The van der Waals surface area contributed by atoms with Gasteiger partial charge in [-0.2, -0.15) is 8.78 Å². The molecule has 0 aromatic heterocycles. The standard InChI is InChI=1S/C22H15F7O/c1-2-3-13-6-9-16(20(26)19(13)25)22(28,29)30-15-7-4-12(5-8-15)14-10-17(23)21(27)18(24)11-14/h4-11H,2-3H2,1H3. The molecule has 0 radical (unpaired) electrons. The van der Waals surface area contributed by atoms with E-state index in [1.807, 2.05) is 0 Å². The Morgan fingerprint density at radius 2 is 1.33 bits per heavy atom. The third-order valence-corrected chi connectivity index (χ3v) is 4.41. The summed E-state index contributed by atoms with van der Waals surface area (Å²) in [6.45, 7) is 1.74. The van der Waals surface area contributed by atoms with Crippen LogP contribution in [0.2, 0.25) is 0 Å². The first-order valence-corrected chi connectivity index (χ1v) is 8.93. The maximum absolute atomic E-state index is 14.4. The van der Waals surface area contributed by atoms with Crippen molar-refractivity contribution in [3.05, 3.63) is 88.7 Å². The number of rotatable bonds is 6. The fourth-order valence-corrected chi connectivity index (χ4v) is 2.92. The SMILES string of the molecule is CCCc1ccc(C(F)(F)Oc2ccc(-c3cc(F)c(F)c(F)c3)cc2)c(F)c1F. The molecule has 0 atom stereocenters. The monoisotopic (exact) mass is 428 g/mol. The van der Waals surface area contributed by atoms with Gasteiger partial charge in [0.15, 0.2) is 29.1 Å². The van der Waals surface area contributed by atoms with Crippen LogP contribution >= 0.6 is 0 Å². The zero-order valence-electron chi connectivity index (χ0n) is 15.6. The topological polar surface area (TPSA) is 9.23 Å². The molecule has 0 saturated carbocycles. The molecule has 0 aliphatic rings. The van der Waals surface area contributed by atoms with Gasteiger partial charge >= 0.3 is 6.11 Å². The van der Waals surface area contributed by atoms with Crippen molar-refractivity contribution in [1.82, 2.24) is 0 Å². The molecule has 0 saturated heterocycles. The molecular formula is C22H15F7O. The highest BCUT2D eigenvalue weighted by molar-refractivity contribution is 5.64. The average Bonchev–Trinajstić information content (AvgIpc) is 2.69. The Labute approximate surface area is 167 Å². The molecule has 0 fully saturated rings. The van der Waals surface area contributed by atoms with E-state index in [0.717, 1.165) is 36.4 Å². The Balaban J connectivity index is 1.85. The molecule has 0 N–H and O–H groups in total. The summed E-state index contributed by atoms with van der Waals surface area (Å²) in [7, 11) is 0. The van der Waals surface area contributed by atoms with Gasteiger partial charge in [0, 0.05) is 0 Å². The average molecular weight is 428 g/mol. The van der Waals surface area contributed by atoms with Crippen molar-refractivity contribution in [3.8, 4) is 16.9 Å². The van der Waals surface area contributed by atoms with Crippen LogP contribution in [0.15, 0.2) is 48.5 Å². The van der Waals surface area contributed by atoms with Crippen molar-refractivity contribution in [2.75, 3.05) is 0 Å². The lowest BCUT2D eigenvalue weighted by Gasteiger charge is -2.20. The molecule has 0 heterocycles. The van der Waals surface area contributed by atoms with Crippen molar-refractivity contribution in [2.45, 2.75) is 25.9 Å². The minimum atomic E-state index is -4.18. The van der Waals surface area contributed by atoms with Crippen LogP contribution in [0.4, 0.5) is 30.7 Å². The van der Waals surface area contributed by atoms with E-state index < -0.39 is 46.5 Å². The highest BCUT2D eigenvalue weighted by Gasteiger charge is 2.39. The van der Waals surface area contributed by atoms with Gasteiger partial charge < -0.3 is 4.74 Å². The van der Waals surface area contributed by atoms with E-state index in [0.29, 0.717) is 6.42 Å². The van der Waals surface area contributed by atoms with E-state index in [4.69, 9.17) is 0 Å². The minimum Gasteiger partial charge on any atom is -0.429 e. The Bertz CT molecular complexity index is 1040. The molecule has 0 aliphatic carbocycles. The van der Waals surface area contributed by atoms with E-state index in [1.54, 1.807) is 6.92 Å². The third kappa shape index (κ3) is 4.27. The summed E-state index contributed by atoms with van der Waals surface area (Å²) in [6, 6.07) is 7.87. The third-order valence-electron chi connectivity index (χ3n) is 4.41. The number of hydrogen-bond donors (Lipinski definition) is 0. The fraction of sp³-hybridized carbons (Fsp3) is 0.182. The van der Waals surface area contributed by atoms with E-state index in [-0.39, 0.29) is 23.1 Å². The molecule has 0 amide bonds. The van der Waals surface area contributed by atoms with Gasteiger partial charge in [-0.05, 0) is 53.4 Å². The Hall–Kier alpha value is -3.03. The highest BCUT2D eigenvalue weighted by atomic mass is 19.3. The second-order valence-electron chi connectivity index (χ2n) is 6.55. The zero-order valence-corrected chi connectivity index (χ0v) is 15.6. The predicted molar refractivity (Wildman–Crippen MR) is 96.6 cm³/mol. The van der Waals surface area contributed by atoms with Gasteiger partial charge in [0.1, 0.15) is 11.3 Å². The molecule has 0 aliphatic heterocycles. The minimum absolute atomic E-state index is 0.0161. The summed E-state index contributed by atoms with van der Waals surface area (Å²) in [4.78, 5) is 0. The first kappa shape index (κ1) is 21.7. The molecule has 3 aromatic rings. The van der Waals surface area contributed by atoms with Gasteiger partial charge in [-0.25, -0.2) is 22.0 Å². The van der Waals surface area contributed by atoms with Gasteiger partial charge in [0.25, 0.3) is 0 Å². The molecule has 0 unspecified atom stereocenters. The number of hydrogen-bond acceptors (Lipinski definition) is 1. The van der Waals surface area contributed by atoms with Gasteiger partial charge in [-0.15, -0.1) is 0 Å². The number of benzene rings is 3. The number of ether oxygens (including phenoxy) is 1. The van der Waals surface area contributed by atoms with Gasteiger partial charge in [-0.3, -0.25) is 0 Å². The van der Waals surface area contributed by atoms with Crippen LogP contribution in [-0.2, 0) is 12.5 Å². The zero-order chi connectivity index (χ0) is 22.1. The van der Waals surface area contributed by atoms with Gasteiger partial charge in [0.2, 0.25) is 0 Å². The summed E-state index contributed by atoms with van der Waals surface area (Å²) < 4.78 is 101. The molecule has 8 heteroatoms. The summed E-state index contributed by atoms with van der Waals surface area (Å²) in [5.41, 5.74) is -1.10. The van der Waals surface area contributed by atoms with Crippen molar-refractivity contribution < 1.29 is 35.5 Å². The Morgan fingerprint density at radius 1 is 0.733 bits per heavy atom. The molecule has 158 valence electrons. The second kappa shape index (κ2) is 8.38.